The molecule has 144 valence electrons. The summed E-state index contributed by atoms with van der Waals surface area (Å²) in [6.45, 7) is 6.90. The van der Waals surface area contributed by atoms with Crippen molar-refractivity contribution in [3.8, 4) is 0 Å². The molecule has 0 atom stereocenters. The molecule has 4 nitrogen and oxygen atoms in total. The van der Waals surface area contributed by atoms with Crippen LogP contribution >= 0.6 is 23.8 Å². The number of aryl methyl sites for hydroxylation is 3. The van der Waals surface area contributed by atoms with Crippen LogP contribution < -0.4 is 10.7 Å². The second kappa shape index (κ2) is 9.04. The number of thiocarbonyl (C=S) groups is 1. The smallest absolute Gasteiger partial charge is 0.191 e. The Morgan fingerprint density at radius 3 is 2.54 bits per heavy atom. The number of nitrogens with one attached hydrogen (secondary N) is 2. The Bertz CT molecular complexity index is 1000. The van der Waals surface area contributed by atoms with Gasteiger partial charge in [0.2, 0.25) is 0 Å². The highest BCUT2D eigenvalue weighted by Crippen LogP contribution is 2.21. The van der Waals surface area contributed by atoms with Gasteiger partial charge in [-0.05, 0) is 67.9 Å². The number of nitrogens with zero attached hydrogens (tertiary/aromatic N) is 2. The molecule has 1 heterocycles. The summed E-state index contributed by atoms with van der Waals surface area (Å²) in [4.78, 5) is 0. The summed E-state index contributed by atoms with van der Waals surface area (Å²) >= 11 is 11.6. The lowest BCUT2D eigenvalue weighted by atomic mass is 10.1. The van der Waals surface area contributed by atoms with Crippen molar-refractivity contribution in [3.63, 3.8) is 0 Å². The van der Waals surface area contributed by atoms with Gasteiger partial charge in [-0.3, -0.25) is 5.43 Å². The summed E-state index contributed by atoms with van der Waals surface area (Å²) in [6.07, 6.45) is 3.75. The van der Waals surface area contributed by atoms with Gasteiger partial charge in [0.1, 0.15) is 0 Å². The first-order chi connectivity index (χ1) is 13.4. The van der Waals surface area contributed by atoms with Gasteiger partial charge in [-0.2, -0.15) is 5.10 Å². The van der Waals surface area contributed by atoms with E-state index in [1.54, 1.807) is 6.21 Å². The van der Waals surface area contributed by atoms with E-state index in [1.807, 2.05) is 42.6 Å². The lowest BCUT2D eigenvalue weighted by Gasteiger charge is -2.14. The molecule has 0 radical (unpaired) electrons. The molecule has 0 bridgehead atoms. The van der Waals surface area contributed by atoms with Crippen molar-refractivity contribution < 1.29 is 0 Å². The van der Waals surface area contributed by atoms with E-state index in [4.69, 9.17) is 23.8 Å². The van der Waals surface area contributed by atoms with E-state index in [9.17, 15) is 0 Å². The molecule has 2 N–H and O–H groups in total. The number of halogens is 1. The zero-order valence-electron chi connectivity index (χ0n) is 16.2. The Hall–Kier alpha value is -2.63. The molecule has 1 aromatic heterocycles. The van der Waals surface area contributed by atoms with Crippen molar-refractivity contribution >= 4 is 40.8 Å². The number of anilines is 1. The summed E-state index contributed by atoms with van der Waals surface area (Å²) in [7, 11) is 0. The maximum atomic E-state index is 6.27. The molecule has 0 saturated heterocycles. The molecule has 0 saturated carbocycles. The van der Waals surface area contributed by atoms with Crippen LogP contribution in [-0.4, -0.2) is 15.9 Å². The molecule has 0 aliphatic carbocycles. The predicted octanol–water partition coefficient (Wildman–Crippen LogP) is 5.44. The molecular formula is C22H23ClN4S. The molecule has 0 fully saturated rings. The van der Waals surface area contributed by atoms with Crippen molar-refractivity contribution in [1.82, 2.24) is 9.99 Å². The van der Waals surface area contributed by atoms with E-state index in [-0.39, 0.29) is 0 Å². The number of hydrogen-bond acceptors (Lipinski definition) is 2. The van der Waals surface area contributed by atoms with Crippen molar-refractivity contribution in [2.24, 2.45) is 5.10 Å². The number of aromatic nitrogens is 1. The van der Waals surface area contributed by atoms with Crippen LogP contribution in [0, 0.1) is 20.8 Å². The highest BCUT2D eigenvalue weighted by molar-refractivity contribution is 7.80. The highest BCUT2D eigenvalue weighted by Gasteiger charge is 2.06. The van der Waals surface area contributed by atoms with Gasteiger partial charge in [0, 0.05) is 23.5 Å². The molecule has 0 spiro atoms. The normalized spacial score (nSPS) is 11.0. The van der Waals surface area contributed by atoms with Crippen LogP contribution in [0.4, 0.5) is 5.69 Å². The Balaban J connectivity index is 1.64. The SMILES string of the molecule is Cc1cc(C)c(NC(=S)N/N=C/c2cccn2Cc2ccccc2Cl)c(C)c1. The van der Waals surface area contributed by atoms with Crippen molar-refractivity contribution in [3.05, 3.63) is 87.7 Å². The van der Waals surface area contributed by atoms with Crippen molar-refractivity contribution in [2.75, 3.05) is 5.32 Å². The van der Waals surface area contributed by atoms with Gasteiger partial charge in [-0.15, -0.1) is 0 Å². The predicted molar refractivity (Wildman–Crippen MR) is 123 cm³/mol. The fourth-order valence-corrected chi connectivity index (χ4v) is 3.52. The van der Waals surface area contributed by atoms with E-state index in [1.165, 1.54) is 5.56 Å². The van der Waals surface area contributed by atoms with Crippen LogP contribution in [-0.2, 0) is 6.54 Å². The fraction of sp³-hybridized carbons (Fsp3) is 0.182. The Kier molecular flexibility index (Phi) is 6.49. The van der Waals surface area contributed by atoms with E-state index >= 15 is 0 Å². The Morgan fingerprint density at radius 1 is 1.11 bits per heavy atom. The monoisotopic (exact) mass is 410 g/mol. The minimum absolute atomic E-state index is 0.454. The quantitative estimate of drug-likeness (QED) is 0.334. The summed E-state index contributed by atoms with van der Waals surface area (Å²) in [5.41, 5.74) is 9.46. The maximum Gasteiger partial charge on any atom is 0.191 e. The minimum atomic E-state index is 0.454. The third kappa shape index (κ3) is 5.00. The molecule has 0 amide bonds. The lowest BCUT2D eigenvalue weighted by Crippen LogP contribution is -2.25. The number of benzene rings is 2. The van der Waals surface area contributed by atoms with Gasteiger partial charge in [0.15, 0.2) is 5.11 Å². The van der Waals surface area contributed by atoms with Gasteiger partial charge in [-0.25, -0.2) is 0 Å². The van der Waals surface area contributed by atoms with Gasteiger partial charge in [0.25, 0.3) is 0 Å². The average molecular weight is 411 g/mol. The first-order valence-corrected chi connectivity index (χ1v) is 9.79. The van der Waals surface area contributed by atoms with Gasteiger partial charge in [0.05, 0.1) is 11.9 Å². The zero-order chi connectivity index (χ0) is 20.1. The molecule has 0 aliphatic rings. The Labute approximate surface area is 176 Å². The average Bonchev–Trinajstić information content (AvgIpc) is 3.07. The highest BCUT2D eigenvalue weighted by atomic mass is 35.5. The number of hydrazone groups is 1. The largest absolute Gasteiger partial charge is 0.342 e. The molecule has 28 heavy (non-hydrogen) atoms. The summed E-state index contributed by atoms with van der Waals surface area (Å²) in [6, 6.07) is 16.1. The summed E-state index contributed by atoms with van der Waals surface area (Å²) < 4.78 is 2.08. The molecule has 0 unspecified atom stereocenters. The van der Waals surface area contributed by atoms with Crippen molar-refractivity contribution in [1.29, 1.82) is 0 Å². The van der Waals surface area contributed by atoms with Crippen molar-refractivity contribution in [2.45, 2.75) is 27.3 Å². The van der Waals surface area contributed by atoms with E-state index in [2.05, 4.69) is 53.3 Å². The molecule has 2 aromatic carbocycles. The zero-order valence-corrected chi connectivity index (χ0v) is 17.7. The van der Waals surface area contributed by atoms with E-state index in [0.29, 0.717) is 11.7 Å². The molecular weight excluding hydrogens is 388 g/mol. The standard InChI is InChI=1S/C22H23ClN4S/c1-15-11-16(2)21(17(3)12-15)25-22(28)26-24-13-19-8-6-10-27(19)14-18-7-4-5-9-20(18)23/h4-13H,14H2,1-3H3,(H2,25,26,28)/b24-13+. The lowest BCUT2D eigenvalue weighted by molar-refractivity contribution is 0.799. The molecule has 3 aromatic rings. The first kappa shape index (κ1) is 20.1. The van der Waals surface area contributed by atoms with E-state index < -0.39 is 0 Å². The van der Waals surface area contributed by atoms with Crippen LogP contribution in [0.25, 0.3) is 0 Å². The molecule has 0 aliphatic heterocycles. The Morgan fingerprint density at radius 2 is 1.82 bits per heavy atom. The van der Waals surface area contributed by atoms with Gasteiger partial charge in [-0.1, -0.05) is 47.5 Å². The van der Waals surface area contributed by atoms with Crippen LogP contribution in [0.2, 0.25) is 5.02 Å². The van der Waals surface area contributed by atoms with Crippen LogP contribution in [0.3, 0.4) is 0 Å². The summed E-state index contributed by atoms with van der Waals surface area (Å²) in [5, 5.41) is 8.72. The minimum Gasteiger partial charge on any atom is -0.342 e. The van der Waals surface area contributed by atoms with Gasteiger partial charge < -0.3 is 9.88 Å². The fourth-order valence-electron chi connectivity index (χ4n) is 3.17. The third-order valence-electron chi connectivity index (χ3n) is 4.44. The maximum absolute atomic E-state index is 6.27. The topological polar surface area (TPSA) is 41.4 Å². The first-order valence-electron chi connectivity index (χ1n) is 9.00. The van der Waals surface area contributed by atoms with Crippen LogP contribution in [0.1, 0.15) is 27.9 Å². The third-order valence-corrected chi connectivity index (χ3v) is 5.00. The molecule has 6 heteroatoms. The number of rotatable bonds is 5. The van der Waals surface area contributed by atoms with E-state index in [0.717, 1.165) is 33.1 Å². The molecule has 3 rings (SSSR count). The second-order valence-corrected chi connectivity index (χ2v) is 7.57. The van der Waals surface area contributed by atoms with Gasteiger partial charge >= 0.3 is 0 Å². The number of hydrogen-bond donors (Lipinski definition) is 2. The second-order valence-electron chi connectivity index (χ2n) is 6.75. The van der Waals surface area contributed by atoms with Crippen LogP contribution in [0.15, 0.2) is 59.8 Å². The van der Waals surface area contributed by atoms with Crippen LogP contribution in [0.5, 0.6) is 0 Å². The summed E-state index contributed by atoms with van der Waals surface area (Å²) in [5.74, 6) is 0.